The third-order valence-corrected chi connectivity index (χ3v) is 3.75. The normalized spacial score (nSPS) is 20.7. The summed E-state index contributed by atoms with van der Waals surface area (Å²) in [5.41, 5.74) is 3.25. The SMILES string of the molecule is O=NC1C=CC(N=O)C(c2ccccc2)=C1c1ccccc1. The van der Waals surface area contributed by atoms with Crippen molar-refractivity contribution in [2.24, 2.45) is 10.4 Å². The van der Waals surface area contributed by atoms with Crippen molar-refractivity contribution in [2.45, 2.75) is 12.1 Å². The molecule has 2 unspecified atom stereocenters. The smallest absolute Gasteiger partial charge is 0.136 e. The largest absolute Gasteiger partial charge is 0.150 e. The van der Waals surface area contributed by atoms with E-state index in [1.54, 1.807) is 12.2 Å². The van der Waals surface area contributed by atoms with Crippen LogP contribution in [0.15, 0.2) is 83.2 Å². The van der Waals surface area contributed by atoms with E-state index in [4.69, 9.17) is 0 Å². The summed E-state index contributed by atoms with van der Waals surface area (Å²) < 4.78 is 0. The van der Waals surface area contributed by atoms with Gasteiger partial charge in [-0.05, 0) is 22.3 Å². The van der Waals surface area contributed by atoms with Gasteiger partial charge in [-0.1, -0.05) is 83.2 Å². The van der Waals surface area contributed by atoms with Crippen molar-refractivity contribution in [1.82, 2.24) is 0 Å². The maximum atomic E-state index is 11.3. The maximum absolute atomic E-state index is 11.3. The highest BCUT2D eigenvalue weighted by Gasteiger charge is 2.29. The molecule has 4 heteroatoms. The van der Waals surface area contributed by atoms with Crippen LogP contribution in [-0.4, -0.2) is 12.1 Å². The monoisotopic (exact) mass is 290 g/mol. The number of rotatable bonds is 4. The van der Waals surface area contributed by atoms with Crippen LogP contribution in [-0.2, 0) is 0 Å². The van der Waals surface area contributed by atoms with E-state index in [1.165, 1.54) is 0 Å². The van der Waals surface area contributed by atoms with Gasteiger partial charge in [-0.15, -0.1) is 9.81 Å². The van der Waals surface area contributed by atoms with E-state index in [-0.39, 0.29) is 0 Å². The number of benzene rings is 2. The number of nitrogens with zero attached hydrogens (tertiary/aromatic N) is 2. The highest BCUT2D eigenvalue weighted by atomic mass is 16.3. The Bertz CT molecular complexity index is 673. The first-order valence-electron chi connectivity index (χ1n) is 7.03. The number of hydrogen-bond donors (Lipinski definition) is 0. The summed E-state index contributed by atoms with van der Waals surface area (Å²) in [5, 5.41) is 6.42. The van der Waals surface area contributed by atoms with Crippen molar-refractivity contribution >= 4 is 11.1 Å². The van der Waals surface area contributed by atoms with Crippen LogP contribution >= 0.6 is 0 Å². The topological polar surface area (TPSA) is 58.9 Å². The first-order chi connectivity index (χ1) is 10.8. The summed E-state index contributed by atoms with van der Waals surface area (Å²) >= 11 is 0. The molecule has 0 amide bonds. The lowest BCUT2D eigenvalue weighted by atomic mass is 9.82. The molecule has 1 aliphatic rings. The zero-order chi connectivity index (χ0) is 15.4. The van der Waals surface area contributed by atoms with E-state index in [0.717, 1.165) is 22.3 Å². The van der Waals surface area contributed by atoms with Crippen LogP contribution in [0, 0.1) is 9.81 Å². The van der Waals surface area contributed by atoms with Crippen LogP contribution in [0.5, 0.6) is 0 Å². The van der Waals surface area contributed by atoms with Gasteiger partial charge < -0.3 is 0 Å². The molecule has 1 aliphatic carbocycles. The molecule has 3 rings (SSSR count). The molecule has 0 fully saturated rings. The first kappa shape index (κ1) is 14.1. The van der Waals surface area contributed by atoms with Crippen LogP contribution in [0.1, 0.15) is 11.1 Å². The second-order valence-corrected chi connectivity index (χ2v) is 5.04. The average molecular weight is 290 g/mol. The summed E-state index contributed by atoms with van der Waals surface area (Å²) in [7, 11) is 0. The van der Waals surface area contributed by atoms with Gasteiger partial charge in [0.1, 0.15) is 12.1 Å². The fourth-order valence-electron chi connectivity index (χ4n) is 2.79. The van der Waals surface area contributed by atoms with Gasteiger partial charge >= 0.3 is 0 Å². The molecule has 0 aliphatic heterocycles. The molecule has 4 nitrogen and oxygen atoms in total. The van der Waals surface area contributed by atoms with Crippen LogP contribution in [0.25, 0.3) is 11.1 Å². The molecule has 0 N–H and O–H groups in total. The number of hydrogen-bond acceptors (Lipinski definition) is 4. The Morgan fingerprint density at radius 2 is 0.955 bits per heavy atom. The van der Waals surface area contributed by atoms with Gasteiger partial charge in [0.25, 0.3) is 0 Å². The maximum Gasteiger partial charge on any atom is 0.136 e. The molecule has 0 heterocycles. The average Bonchev–Trinajstić information content (AvgIpc) is 2.61. The van der Waals surface area contributed by atoms with E-state index < -0.39 is 12.1 Å². The van der Waals surface area contributed by atoms with E-state index in [1.807, 2.05) is 60.7 Å². The van der Waals surface area contributed by atoms with Crippen molar-refractivity contribution in [1.29, 1.82) is 0 Å². The molecule has 0 spiro atoms. The zero-order valence-corrected chi connectivity index (χ0v) is 11.8. The van der Waals surface area contributed by atoms with Crippen LogP contribution in [0.3, 0.4) is 0 Å². The predicted molar refractivity (Wildman–Crippen MR) is 88.0 cm³/mol. The Labute approximate surface area is 128 Å². The van der Waals surface area contributed by atoms with Gasteiger partial charge in [0.05, 0.1) is 0 Å². The third kappa shape index (κ3) is 2.51. The Morgan fingerprint density at radius 1 is 0.591 bits per heavy atom. The predicted octanol–water partition coefficient (Wildman–Crippen LogP) is 4.44. The van der Waals surface area contributed by atoms with Gasteiger partial charge in [-0.2, -0.15) is 0 Å². The van der Waals surface area contributed by atoms with Gasteiger partial charge in [0.15, 0.2) is 0 Å². The zero-order valence-electron chi connectivity index (χ0n) is 11.8. The minimum absolute atomic E-state index is 0.615. The molecule has 0 bridgehead atoms. The molecule has 0 saturated heterocycles. The van der Waals surface area contributed by atoms with Crippen molar-refractivity contribution < 1.29 is 0 Å². The lowest BCUT2D eigenvalue weighted by Gasteiger charge is -2.24. The number of nitroso groups, excluding NO2 is 2. The Hall–Kier alpha value is -2.88. The lowest BCUT2D eigenvalue weighted by molar-refractivity contribution is 0.944. The summed E-state index contributed by atoms with van der Waals surface area (Å²) in [5.74, 6) is 0. The molecule has 0 radical (unpaired) electrons. The fourth-order valence-corrected chi connectivity index (χ4v) is 2.79. The molecular formula is C18H14N2O2. The van der Waals surface area contributed by atoms with E-state index in [0.29, 0.717) is 0 Å². The minimum Gasteiger partial charge on any atom is -0.150 e. The molecule has 2 atom stereocenters. The second-order valence-electron chi connectivity index (χ2n) is 5.04. The Morgan fingerprint density at radius 3 is 1.27 bits per heavy atom. The minimum atomic E-state index is -0.615. The van der Waals surface area contributed by atoms with Gasteiger partial charge in [0, 0.05) is 0 Å². The van der Waals surface area contributed by atoms with Crippen LogP contribution < -0.4 is 0 Å². The highest BCUT2D eigenvalue weighted by molar-refractivity contribution is 5.97. The van der Waals surface area contributed by atoms with Crippen LogP contribution in [0.2, 0.25) is 0 Å². The summed E-state index contributed by atoms with van der Waals surface area (Å²) in [4.78, 5) is 22.5. The fraction of sp³-hybridized carbons (Fsp3) is 0.111. The molecule has 2 aromatic rings. The van der Waals surface area contributed by atoms with Crippen molar-refractivity contribution in [3.63, 3.8) is 0 Å². The summed E-state index contributed by atoms with van der Waals surface area (Å²) in [6.45, 7) is 0. The Balaban J connectivity index is 2.27. The lowest BCUT2D eigenvalue weighted by Crippen LogP contribution is -2.18. The molecule has 0 aromatic heterocycles. The Kier molecular flexibility index (Phi) is 4.01. The highest BCUT2D eigenvalue weighted by Crippen LogP contribution is 2.37. The van der Waals surface area contributed by atoms with Gasteiger partial charge in [-0.3, -0.25) is 0 Å². The second kappa shape index (κ2) is 6.26. The molecule has 0 saturated carbocycles. The standard InChI is InChI=1S/C18H14N2O2/c21-19-15-11-12-16(20-22)18(14-9-5-2-6-10-14)17(15)13-7-3-1-4-8-13/h1-12,15-16H. The molecular weight excluding hydrogens is 276 g/mol. The summed E-state index contributed by atoms with van der Waals surface area (Å²) in [6, 6.07) is 17.8. The quantitative estimate of drug-likeness (QED) is 0.617. The summed E-state index contributed by atoms with van der Waals surface area (Å²) in [6.07, 6.45) is 3.29. The van der Waals surface area contributed by atoms with E-state index in [2.05, 4.69) is 10.4 Å². The first-order valence-corrected chi connectivity index (χ1v) is 7.03. The van der Waals surface area contributed by atoms with Gasteiger partial charge in [0.2, 0.25) is 0 Å². The molecule has 22 heavy (non-hydrogen) atoms. The third-order valence-electron chi connectivity index (χ3n) is 3.75. The van der Waals surface area contributed by atoms with Crippen molar-refractivity contribution in [2.75, 3.05) is 0 Å². The van der Waals surface area contributed by atoms with Gasteiger partial charge in [-0.25, -0.2) is 0 Å². The molecule has 2 aromatic carbocycles. The van der Waals surface area contributed by atoms with Crippen molar-refractivity contribution in [3.05, 3.63) is 93.8 Å². The molecule has 108 valence electrons. The van der Waals surface area contributed by atoms with Crippen LogP contribution in [0.4, 0.5) is 0 Å². The van der Waals surface area contributed by atoms with E-state index in [9.17, 15) is 9.81 Å². The van der Waals surface area contributed by atoms with E-state index >= 15 is 0 Å². The van der Waals surface area contributed by atoms with Crippen molar-refractivity contribution in [3.8, 4) is 0 Å².